The summed E-state index contributed by atoms with van der Waals surface area (Å²) in [4.78, 5) is 11.4. The number of nitriles is 1. The number of hydrogen-bond donors (Lipinski definition) is 1. The van der Waals surface area contributed by atoms with Crippen LogP contribution in [0.3, 0.4) is 0 Å². The number of benzene rings is 1. The predicted molar refractivity (Wildman–Crippen MR) is 92.8 cm³/mol. The summed E-state index contributed by atoms with van der Waals surface area (Å²) in [7, 11) is 1.61. The number of aliphatic carboxylic acids is 1. The lowest BCUT2D eigenvalue weighted by Crippen LogP contribution is -2.34. The first kappa shape index (κ1) is 17.6. The first-order valence-electron chi connectivity index (χ1n) is 9.07. The standard InChI is InChI=1S/C20H25NO4/c1-24-17-9-8-15(11-18(17)25-16-6-2-3-7-16)20(13-21)10-4-5-14(12-20)19(22)23/h8-9,11,14,16H,2-7,10,12H2,1H3,(H,22,23)/t14-,20+/m1/s1. The zero-order valence-corrected chi connectivity index (χ0v) is 14.7. The van der Waals surface area contributed by atoms with Crippen molar-refractivity contribution in [2.75, 3.05) is 7.11 Å². The Labute approximate surface area is 148 Å². The van der Waals surface area contributed by atoms with Crippen LogP contribution in [0.2, 0.25) is 0 Å². The van der Waals surface area contributed by atoms with Crippen LogP contribution in [0.1, 0.15) is 56.9 Å². The molecule has 2 aliphatic rings. The average molecular weight is 343 g/mol. The van der Waals surface area contributed by atoms with Gasteiger partial charge in [-0.05, 0) is 62.6 Å². The van der Waals surface area contributed by atoms with Crippen LogP contribution in [0, 0.1) is 17.2 Å². The van der Waals surface area contributed by atoms with E-state index in [2.05, 4.69) is 6.07 Å². The van der Waals surface area contributed by atoms with Crippen molar-refractivity contribution in [3.63, 3.8) is 0 Å². The summed E-state index contributed by atoms with van der Waals surface area (Å²) in [6.45, 7) is 0. The first-order chi connectivity index (χ1) is 12.1. The van der Waals surface area contributed by atoms with E-state index in [9.17, 15) is 15.2 Å². The second-order valence-electron chi connectivity index (χ2n) is 7.22. The second kappa shape index (κ2) is 7.35. The molecule has 1 aromatic rings. The number of hydrogen-bond acceptors (Lipinski definition) is 4. The maximum Gasteiger partial charge on any atom is 0.306 e. The quantitative estimate of drug-likeness (QED) is 0.872. The molecule has 2 aliphatic carbocycles. The molecule has 0 radical (unpaired) electrons. The first-order valence-corrected chi connectivity index (χ1v) is 9.07. The van der Waals surface area contributed by atoms with Gasteiger partial charge in [-0.25, -0.2) is 0 Å². The Kier molecular flexibility index (Phi) is 5.17. The molecule has 0 unspecified atom stereocenters. The molecule has 0 saturated heterocycles. The topological polar surface area (TPSA) is 79.5 Å². The third-order valence-corrected chi connectivity index (χ3v) is 5.63. The molecule has 0 aromatic heterocycles. The van der Waals surface area contributed by atoms with Crippen molar-refractivity contribution in [3.8, 4) is 17.6 Å². The zero-order chi connectivity index (χ0) is 17.9. The van der Waals surface area contributed by atoms with Gasteiger partial charge < -0.3 is 14.6 Å². The molecule has 0 heterocycles. The number of ether oxygens (including phenoxy) is 2. The van der Waals surface area contributed by atoms with E-state index in [1.54, 1.807) is 7.11 Å². The molecule has 134 valence electrons. The third-order valence-electron chi connectivity index (χ3n) is 5.63. The van der Waals surface area contributed by atoms with Crippen LogP contribution in [-0.4, -0.2) is 24.3 Å². The van der Waals surface area contributed by atoms with E-state index in [0.717, 1.165) is 24.8 Å². The molecule has 25 heavy (non-hydrogen) atoms. The Morgan fingerprint density at radius 1 is 1.24 bits per heavy atom. The smallest absolute Gasteiger partial charge is 0.306 e. The van der Waals surface area contributed by atoms with Gasteiger partial charge in [0.2, 0.25) is 0 Å². The highest BCUT2D eigenvalue weighted by Gasteiger charge is 2.41. The molecular formula is C20H25NO4. The van der Waals surface area contributed by atoms with Crippen LogP contribution in [0.4, 0.5) is 0 Å². The highest BCUT2D eigenvalue weighted by atomic mass is 16.5. The Balaban J connectivity index is 1.91. The van der Waals surface area contributed by atoms with Crippen molar-refractivity contribution in [2.24, 2.45) is 5.92 Å². The van der Waals surface area contributed by atoms with Crippen molar-refractivity contribution < 1.29 is 19.4 Å². The summed E-state index contributed by atoms with van der Waals surface area (Å²) in [5, 5.41) is 19.3. The van der Waals surface area contributed by atoms with Crippen LogP contribution in [0.25, 0.3) is 0 Å². The Hall–Kier alpha value is -2.22. The molecule has 0 spiro atoms. The van der Waals surface area contributed by atoms with Gasteiger partial charge in [-0.1, -0.05) is 12.5 Å². The van der Waals surface area contributed by atoms with Gasteiger partial charge >= 0.3 is 5.97 Å². The number of carboxylic acid groups (broad SMARTS) is 1. The normalized spacial score (nSPS) is 26.8. The second-order valence-corrected chi connectivity index (χ2v) is 7.22. The fraction of sp³-hybridized carbons (Fsp3) is 0.600. The van der Waals surface area contributed by atoms with E-state index in [4.69, 9.17) is 9.47 Å². The van der Waals surface area contributed by atoms with Crippen molar-refractivity contribution in [1.29, 1.82) is 5.26 Å². The highest BCUT2D eigenvalue weighted by molar-refractivity contribution is 5.70. The van der Waals surface area contributed by atoms with Gasteiger partial charge in [0, 0.05) is 0 Å². The minimum atomic E-state index is -0.810. The van der Waals surface area contributed by atoms with Gasteiger partial charge in [0.25, 0.3) is 0 Å². The summed E-state index contributed by atoms with van der Waals surface area (Å²) >= 11 is 0. The van der Waals surface area contributed by atoms with E-state index < -0.39 is 17.3 Å². The fourth-order valence-corrected chi connectivity index (χ4v) is 4.17. The van der Waals surface area contributed by atoms with Gasteiger partial charge in [0.05, 0.1) is 30.6 Å². The van der Waals surface area contributed by atoms with Crippen molar-refractivity contribution in [2.45, 2.75) is 62.9 Å². The minimum Gasteiger partial charge on any atom is -0.493 e. The number of nitrogens with zero attached hydrogens (tertiary/aromatic N) is 1. The van der Waals surface area contributed by atoms with Gasteiger partial charge in [-0.15, -0.1) is 0 Å². The molecule has 0 aliphatic heterocycles. The Morgan fingerprint density at radius 2 is 2.00 bits per heavy atom. The summed E-state index contributed by atoms with van der Waals surface area (Å²) in [5.41, 5.74) is 0.0798. The van der Waals surface area contributed by atoms with Gasteiger partial charge in [0.1, 0.15) is 0 Å². The van der Waals surface area contributed by atoms with E-state index in [1.165, 1.54) is 12.8 Å². The molecular weight excluding hydrogens is 318 g/mol. The molecule has 3 rings (SSSR count). The maximum atomic E-state index is 11.4. The molecule has 0 bridgehead atoms. The van der Waals surface area contributed by atoms with Gasteiger partial charge in [0.15, 0.2) is 11.5 Å². The molecule has 2 atom stereocenters. The largest absolute Gasteiger partial charge is 0.493 e. The van der Waals surface area contributed by atoms with Crippen LogP contribution in [0.5, 0.6) is 11.5 Å². The predicted octanol–water partition coefficient (Wildman–Crippen LogP) is 4.05. The summed E-state index contributed by atoms with van der Waals surface area (Å²) in [5.74, 6) is 0.0540. The lowest BCUT2D eigenvalue weighted by atomic mass is 9.66. The fourth-order valence-electron chi connectivity index (χ4n) is 4.17. The molecule has 5 heteroatoms. The number of carbonyl (C=O) groups is 1. The summed E-state index contributed by atoms with van der Waals surface area (Å²) in [6, 6.07) is 8.03. The summed E-state index contributed by atoms with van der Waals surface area (Å²) < 4.78 is 11.6. The number of rotatable bonds is 5. The van der Waals surface area contributed by atoms with E-state index >= 15 is 0 Å². The van der Waals surface area contributed by atoms with Crippen molar-refractivity contribution >= 4 is 5.97 Å². The van der Waals surface area contributed by atoms with Crippen LogP contribution >= 0.6 is 0 Å². The summed E-state index contributed by atoms with van der Waals surface area (Å²) in [6.07, 6.45) is 7.05. The van der Waals surface area contributed by atoms with E-state index in [1.807, 2.05) is 18.2 Å². The lowest BCUT2D eigenvalue weighted by Gasteiger charge is -2.34. The Morgan fingerprint density at radius 3 is 2.64 bits per heavy atom. The van der Waals surface area contributed by atoms with Crippen LogP contribution in [-0.2, 0) is 10.2 Å². The maximum absolute atomic E-state index is 11.4. The number of carboxylic acids is 1. The molecule has 5 nitrogen and oxygen atoms in total. The zero-order valence-electron chi connectivity index (χ0n) is 14.7. The molecule has 1 N–H and O–H groups in total. The average Bonchev–Trinajstić information content (AvgIpc) is 3.14. The van der Waals surface area contributed by atoms with Crippen LogP contribution in [0.15, 0.2) is 18.2 Å². The Bertz CT molecular complexity index is 675. The van der Waals surface area contributed by atoms with Gasteiger partial charge in [-0.2, -0.15) is 5.26 Å². The van der Waals surface area contributed by atoms with Crippen molar-refractivity contribution in [1.82, 2.24) is 0 Å². The molecule has 2 saturated carbocycles. The lowest BCUT2D eigenvalue weighted by molar-refractivity contribution is -0.143. The van der Waals surface area contributed by atoms with Gasteiger partial charge in [-0.3, -0.25) is 4.79 Å². The van der Waals surface area contributed by atoms with E-state index in [-0.39, 0.29) is 6.10 Å². The monoisotopic (exact) mass is 343 g/mol. The molecule has 1 aromatic carbocycles. The number of methoxy groups -OCH3 is 1. The molecule has 0 amide bonds. The van der Waals surface area contributed by atoms with E-state index in [0.29, 0.717) is 30.8 Å². The van der Waals surface area contributed by atoms with Crippen LogP contribution < -0.4 is 9.47 Å². The molecule has 2 fully saturated rings. The minimum absolute atomic E-state index is 0.195. The third kappa shape index (κ3) is 3.58. The SMILES string of the molecule is COc1ccc([C@@]2(C#N)CCC[C@@H](C(=O)O)C2)cc1OC1CCCC1. The van der Waals surface area contributed by atoms with Crippen molar-refractivity contribution in [3.05, 3.63) is 23.8 Å². The highest BCUT2D eigenvalue weighted by Crippen LogP contribution is 2.44.